The summed E-state index contributed by atoms with van der Waals surface area (Å²) in [7, 11) is 0. The number of nitrogens with zero attached hydrogens (tertiary/aromatic N) is 3. The summed E-state index contributed by atoms with van der Waals surface area (Å²) in [6.45, 7) is 8.86. The molecule has 2 aromatic carbocycles. The molecule has 2 fully saturated rings. The lowest BCUT2D eigenvalue weighted by atomic mass is 9.98. The zero-order valence-corrected chi connectivity index (χ0v) is 19.1. The van der Waals surface area contributed by atoms with Gasteiger partial charge in [-0.25, -0.2) is 4.39 Å². The maximum atomic E-state index is 13.2. The number of benzene rings is 2. The number of piperazine rings is 1. The van der Waals surface area contributed by atoms with E-state index >= 15 is 0 Å². The minimum atomic E-state index is -0.158. The van der Waals surface area contributed by atoms with Gasteiger partial charge in [-0.1, -0.05) is 24.3 Å². The van der Waals surface area contributed by atoms with E-state index < -0.39 is 0 Å². The van der Waals surface area contributed by atoms with Crippen molar-refractivity contribution in [1.82, 2.24) is 9.80 Å². The summed E-state index contributed by atoms with van der Waals surface area (Å²) in [5.41, 5.74) is 4.24. The number of hydrogen-bond acceptors (Lipinski definition) is 5. The van der Waals surface area contributed by atoms with E-state index in [9.17, 15) is 4.39 Å². The van der Waals surface area contributed by atoms with Crippen molar-refractivity contribution in [3.63, 3.8) is 0 Å². The van der Waals surface area contributed by atoms with E-state index in [-0.39, 0.29) is 9.90 Å². The second kappa shape index (κ2) is 9.11. The predicted molar refractivity (Wildman–Crippen MR) is 128 cm³/mol. The van der Waals surface area contributed by atoms with Crippen LogP contribution in [-0.4, -0.2) is 67.1 Å². The average Bonchev–Trinajstić information content (AvgIpc) is 3.24. The molecule has 0 atom stereocenters. The van der Waals surface area contributed by atoms with Gasteiger partial charge in [-0.15, -0.1) is 23.5 Å². The minimum absolute atomic E-state index is 0.158. The smallest absolute Gasteiger partial charge is 0.123 e. The van der Waals surface area contributed by atoms with Gasteiger partial charge in [0.2, 0.25) is 0 Å². The predicted octanol–water partition coefficient (Wildman–Crippen LogP) is 4.49. The highest BCUT2D eigenvalue weighted by Crippen LogP contribution is 2.55. The highest BCUT2D eigenvalue weighted by Gasteiger charge is 2.43. The van der Waals surface area contributed by atoms with Crippen LogP contribution in [0, 0.1) is 5.82 Å². The van der Waals surface area contributed by atoms with Gasteiger partial charge in [0.05, 0.1) is 4.08 Å². The summed E-state index contributed by atoms with van der Waals surface area (Å²) in [6.07, 6.45) is 1.23. The summed E-state index contributed by atoms with van der Waals surface area (Å²) in [4.78, 5) is 7.64. The fourth-order valence-corrected chi connectivity index (χ4v) is 8.38. The highest BCUT2D eigenvalue weighted by molar-refractivity contribution is 8.20. The molecule has 0 saturated carbocycles. The monoisotopic (exact) mass is 443 g/mol. The van der Waals surface area contributed by atoms with Gasteiger partial charge in [-0.3, -0.25) is 9.80 Å². The van der Waals surface area contributed by atoms with E-state index in [1.54, 1.807) is 17.7 Å². The summed E-state index contributed by atoms with van der Waals surface area (Å²) < 4.78 is 13.4. The van der Waals surface area contributed by atoms with E-state index in [1.807, 2.05) is 12.1 Å². The van der Waals surface area contributed by atoms with Crippen molar-refractivity contribution >= 4 is 29.2 Å². The number of rotatable bonds is 5. The van der Waals surface area contributed by atoms with Crippen LogP contribution >= 0.6 is 23.5 Å². The van der Waals surface area contributed by atoms with Gasteiger partial charge in [0, 0.05) is 56.5 Å². The Labute approximate surface area is 188 Å². The van der Waals surface area contributed by atoms with Crippen molar-refractivity contribution < 1.29 is 4.39 Å². The Morgan fingerprint density at radius 3 is 2.30 bits per heavy atom. The van der Waals surface area contributed by atoms with Gasteiger partial charge in [0.25, 0.3) is 0 Å². The third-order valence-corrected chi connectivity index (χ3v) is 9.93. The van der Waals surface area contributed by atoms with Crippen molar-refractivity contribution in [2.75, 3.05) is 62.2 Å². The maximum Gasteiger partial charge on any atom is 0.123 e. The quantitative estimate of drug-likeness (QED) is 0.672. The zero-order chi connectivity index (χ0) is 20.4. The molecule has 2 aromatic rings. The summed E-state index contributed by atoms with van der Waals surface area (Å²) in [5, 5.41) is 0. The average molecular weight is 444 g/mol. The van der Waals surface area contributed by atoms with Gasteiger partial charge < -0.3 is 4.90 Å². The zero-order valence-electron chi connectivity index (χ0n) is 17.4. The van der Waals surface area contributed by atoms with Gasteiger partial charge in [-0.2, -0.15) is 0 Å². The maximum absolute atomic E-state index is 13.2. The third-order valence-electron chi connectivity index (χ3n) is 6.52. The molecule has 3 aliphatic rings. The van der Waals surface area contributed by atoms with Crippen molar-refractivity contribution in [2.45, 2.75) is 17.0 Å². The first-order valence-electron chi connectivity index (χ1n) is 11.0. The molecule has 0 N–H and O–H groups in total. The third kappa shape index (κ3) is 4.38. The summed E-state index contributed by atoms with van der Waals surface area (Å²) in [5.74, 6) is 2.38. The first-order valence-corrected chi connectivity index (χ1v) is 13.0. The van der Waals surface area contributed by atoms with Crippen LogP contribution in [0.4, 0.5) is 10.1 Å². The molecule has 3 aliphatic heterocycles. The standard InChI is InChI=1S/C24H30FN3S2/c25-21-6-8-22(9-7-21)28-14-12-26(13-15-28)10-3-11-27-18-20-4-1-2-5-23(20)24(19-27)29-16-17-30-24/h1-2,4-9H,3,10-19H2. The Balaban J connectivity index is 1.11. The molecule has 6 heteroatoms. The fraction of sp³-hybridized carbons (Fsp3) is 0.500. The van der Waals surface area contributed by atoms with E-state index in [4.69, 9.17) is 0 Å². The highest BCUT2D eigenvalue weighted by atomic mass is 32.2. The lowest BCUT2D eigenvalue weighted by Crippen LogP contribution is -2.47. The Bertz CT molecular complexity index is 846. The van der Waals surface area contributed by atoms with Crippen molar-refractivity contribution in [3.8, 4) is 0 Å². The number of hydrogen-bond donors (Lipinski definition) is 0. The van der Waals surface area contributed by atoms with Gasteiger partial charge in [0.1, 0.15) is 5.82 Å². The first-order chi connectivity index (χ1) is 14.7. The molecule has 1 spiro atoms. The van der Waals surface area contributed by atoms with Crippen LogP contribution in [0.15, 0.2) is 48.5 Å². The normalized spacial score (nSPS) is 21.8. The summed E-state index contributed by atoms with van der Waals surface area (Å²) >= 11 is 4.31. The van der Waals surface area contributed by atoms with Crippen molar-refractivity contribution in [2.24, 2.45) is 0 Å². The summed E-state index contributed by atoms with van der Waals surface area (Å²) in [6, 6.07) is 16.0. The topological polar surface area (TPSA) is 9.72 Å². The molecule has 0 unspecified atom stereocenters. The first kappa shape index (κ1) is 20.7. The number of halogens is 1. The SMILES string of the molecule is Fc1ccc(N2CCN(CCCN3Cc4ccccc4C4(C3)SCCS4)CC2)cc1. The van der Waals surface area contributed by atoms with Crippen LogP contribution < -0.4 is 4.90 Å². The van der Waals surface area contributed by atoms with Gasteiger partial charge in [0.15, 0.2) is 0 Å². The molecule has 0 bridgehead atoms. The Morgan fingerprint density at radius 2 is 1.53 bits per heavy atom. The molecule has 0 amide bonds. The van der Waals surface area contributed by atoms with E-state index in [0.29, 0.717) is 0 Å². The van der Waals surface area contributed by atoms with Crippen molar-refractivity contribution in [1.29, 1.82) is 0 Å². The molecule has 0 aliphatic carbocycles. The fourth-order valence-electron chi connectivity index (χ4n) is 4.97. The van der Waals surface area contributed by atoms with E-state index in [2.05, 4.69) is 62.5 Å². The van der Waals surface area contributed by atoms with Crippen LogP contribution in [-0.2, 0) is 10.6 Å². The molecule has 0 aromatic heterocycles. The second-order valence-electron chi connectivity index (χ2n) is 8.48. The number of fused-ring (bicyclic) bond motifs is 2. The number of anilines is 1. The second-order valence-corrected chi connectivity index (χ2v) is 11.5. The molecule has 3 nitrogen and oxygen atoms in total. The van der Waals surface area contributed by atoms with Crippen LogP contribution in [0.25, 0.3) is 0 Å². The minimum Gasteiger partial charge on any atom is -0.369 e. The molecule has 30 heavy (non-hydrogen) atoms. The Hall–Kier alpha value is -1.21. The van der Waals surface area contributed by atoms with Gasteiger partial charge in [-0.05, 0) is 54.9 Å². The largest absolute Gasteiger partial charge is 0.369 e. The van der Waals surface area contributed by atoms with Crippen LogP contribution in [0.3, 0.4) is 0 Å². The molecule has 3 heterocycles. The van der Waals surface area contributed by atoms with Gasteiger partial charge >= 0.3 is 0 Å². The van der Waals surface area contributed by atoms with E-state index in [0.717, 1.165) is 38.4 Å². The molecular formula is C24H30FN3S2. The van der Waals surface area contributed by atoms with Crippen molar-refractivity contribution in [3.05, 3.63) is 65.5 Å². The van der Waals surface area contributed by atoms with E-state index in [1.165, 1.54) is 43.1 Å². The molecule has 2 saturated heterocycles. The van der Waals surface area contributed by atoms with Crippen LogP contribution in [0.1, 0.15) is 17.5 Å². The Morgan fingerprint density at radius 1 is 0.833 bits per heavy atom. The molecule has 160 valence electrons. The molecule has 5 rings (SSSR count). The van der Waals surface area contributed by atoms with Crippen LogP contribution in [0.2, 0.25) is 0 Å². The number of thioether (sulfide) groups is 2. The lowest BCUT2D eigenvalue weighted by Gasteiger charge is -2.41. The Kier molecular flexibility index (Phi) is 6.28. The molecule has 0 radical (unpaired) electrons. The lowest BCUT2D eigenvalue weighted by molar-refractivity contribution is 0.205. The molecular weight excluding hydrogens is 413 g/mol. The van der Waals surface area contributed by atoms with Crippen LogP contribution in [0.5, 0.6) is 0 Å².